The second kappa shape index (κ2) is 6.04. The fraction of sp³-hybridized carbons (Fsp3) is 0.562. The molecule has 1 fully saturated rings. The van der Waals surface area contributed by atoms with Crippen LogP contribution in [0.2, 0.25) is 0 Å². The molecule has 6 nitrogen and oxygen atoms in total. The molecule has 2 aromatic heterocycles. The Kier molecular flexibility index (Phi) is 4.11. The van der Waals surface area contributed by atoms with Gasteiger partial charge in [-0.15, -0.1) is 0 Å². The van der Waals surface area contributed by atoms with Gasteiger partial charge in [-0.1, -0.05) is 0 Å². The summed E-state index contributed by atoms with van der Waals surface area (Å²) in [7, 11) is 3.55. The lowest BCUT2D eigenvalue weighted by molar-refractivity contribution is 0.0962. The molecule has 0 aliphatic carbocycles. The van der Waals surface area contributed by atoms with Crippen molar-refractivity contribution in [1.29, 1.82) is 0 Å². The third-order valence-electron chi connectivity index (χ3n) is 4.48. The normalized spacial score (nSPS) is 15.6. The summed E-state index contributed by atoms with van der Waals surface area (Å²) in [4.78, 5) is 19.1. The number of carbonyl (C=O) groups is 1. The van der Waals surface area contributed by atoms with Crippen LogP contribution in [0.15, 0.2) is 6.20 Å². The van der Waals surface area contributed by atoms with Crippen LogP contribution in [0, 0.1) is 6.92 Å². The lowest BCUT2D eigenvalue weighted by Gasteiger charge is -2.16. The van der Waals surface area contributed by atoms with Crippen molar-refractivity contribution in [3.63, 3.8) is 0 Å². The zero-order valence-corrected chi connectivity index (χ0v) is 13.5. The summed E-state index contributed by atoms with van der Waals surface area (Å²) < 4.78 is 1.79. The largest absolute Gasteiger partial charge is 0.355 e. The maximum atomic E-state index is 12.2. The number of aryl methyl sites for hydroxylation is 2. The van der Waals surface area contributed by atoms with Gasteiger partial charge in [0.1, 0.15) is 0 Å². The van der Waals surface area contributed by atoms with Crippen LogP contribution >= 0.6 is 0 Å². The molecule has 0 spiro atoms. The minimum atomic E-state index is -0.0749. The van der Waals surface area contributed by atoms with E-state index in [1.54, 1.807) is 17.9 Å². The number of amides is 1. The zero-order chi connectivity index (χ0) is 15.7. The van der Waals surface area contributed by atoms with Gasteiger partial charge < -0.3 is 10.2 Å². The molecule has 0 bridgehead atoms. The van der Waals surface area contributed by atoms with Crippen molar-refractivity contribution in [2.24, 2.45) is 7.05 Å². The van der Waals surface area contributed by atoms with Crippen LogP contribution in [0.5, 0.6) is 0 Å². The molecule has 1 amide bonds. The molecule has 22 heavy (non-hydrogen) atoms. The topological polar surface area (TPSA) is 63.1 Å². The van der Waals surface area contributed by atoms with Gasteiger partial charge in [-0.2, -0.15) is 5.10 Å². The smallest absolute Gasteiger partial charge is 0.252 e. The molecular weight excluding hydrogens is 278 g/mol. The van der Waals surface area contributed by atoms with Gasteiger partial charge in [-0.3, -0.25) is 9.48 Å². The van der Waals surface area contributed by atoms with Gasteiger partial charge in [0.2, 0.25) is 0 Å². The van der Waals surface area contributed by atoms with E-state index in [0.29, 0.717) is 5.56 Å². The van der Waals surface area contributed by atoms with E-state index >= 15 is 0 Å². The first kappa shape index (κ1) is 15.0. The predicted molar refractivity (Wildman–Crippen MR) is 86.0 cm³/mol. The van der Waals surface area contributed by atoms with E-state index in [9.17, 15) is 4.79 Å². The highest BCUT2D eigenvalue weighted by Gasteiger charge is 2.20. The minimum Gasteiger partial charge on any atom is -0.355 e. The van der Waals surface area contributed by atoms with Gasteiger partial charge in [0, 0.05) is 32.2 Å². The van der Waals surface area contributed by atoms with Crippen LogP contribution in [0.25, 0.3) is 11.0 Å². The highest BCUT2D eigenvalue weighted by Crippen LogP contribution is 2.24. The van der Waals surface area contributed by atoms with E-state index in [1.165, 1.54) is 12.8 Å². The second-order valence-corrected chi connectivity index (χ2v) is 5.94. The fourth-order valence-electron chi connectivity index (χ4n) is 3.35. The Morgan fingerprint density at radius 2 is 2.09 bits per heavy atom. The SMILES string of the molecule is CNC(=O)c1cnc2c(c(C)nn2C)c1CCN1CCCC1. The molecule has 3 heterocycles. The predicted octanol–water partition coefficient (Wildman–Crippen LogP) is 1.27. The Bertz CT molecular complexity index is 700. The van der Waals surface area contributed by atoms with Crippen molar-refractivity contribution in [2.45, 2.75) is 26.2 Å². The highest BCUT2D eigenvalue weighted by atomic mass is 16.1. The summed E-state index contributed by atoms with van der Waals surface area (Å²) in [6, 6.07) is 0. The molecular formula is C16H23N5O. The van der Waals surface area contributed by atoms with Crippen LogP contribution < -0.4 is 5.32 Å². The zero-order valence-electron chi connectivity index (χ0n) is 13.5. The van der Waals surface area contributed by atoms with E-state index < -0.39 is 0 Å². The first-order chi connectivity index (χ1) is 10.6. The van der Waals surface area contributed by atoms with Crippen molar-refractivity contribution in [1.82, 2.24) is 25.0 Å². The maximum Gasteiger partial charge on any atom is 0.252 e. The van der Waals surface area contributed by atoms with Gasteiger partial charge in [-0.05, 0) is 44.8 Å². The number of nitrogens with zero attached hydrogens (tertiary/aromatic N) is 4. The van der Waals surface area contributed by atoms with Gasteiger partial charge in [-0.25, -0.2) is 4.98 Å². The standard InChI is InChI=1S/C16H23N5O/c1-11-14-12(6-9-21-7-4-5-8-21)13(16(22)17-2)10-18-15(14)20(3)19-11/h10H,4-9H2,1-3H3,(H,17,22). The summed E-state index contributed by atoms with van der Waals surface area (Å²) in [5.41, 5.74) is 3.53. The Hall–Kier alpha value is -1.95. The number of hydrogen-bond donors (Lipinski definition) is 1. The van der Waals surface area contributed by atoms with Crippen LogP contribution in [0.3, 0.4) is 0 Å². The molecule has 1 N–H and O–H groups in total. The van der Waals surface area contributed by atoms with Crippen LogP contribution in [0.1, 0.15) is 34.5 Å². The van der Waals surface area contributed by atoms with Crippen LogP contribution in [-0.2, 0) is 13.5 Å². The van der Waals surface area contributed by atoms with Crippen LogP contribution in [-0.4, -0.2) is 52.3 Å². The number of hydrogen-bond acceptors (Lipinski definition) is 4. The molecule has 0 saturated carbocycles. The molecule has 0 unspecified atom stereocenters. The highest BCUT2D eigenvalue weighted by molar-refractivity contribution is 6.00. The summed E-state index contributed by atoms with van der Waals surface area (Å²) >= 11 is 0. The lowest BCUT2D eigenvalue weighted by atomic mass is 10.0. The monoisotopic (exact) mass is 301 g/mol. The number of pyridine rings is 1. The summed E-state index contributed by atoms with van der Waals surface area (Å²) in [6.45, 7) is 5.29. The molecule has 0 radical (unpaired) electrons. The summed E-state index contributed by atoms with van der Waals surface area (Å²) in [6.07, 6.45) is 5.09. The fourth-order valence-corrected chi connectivity index (χ4v) is 3.35. The van der Waals surface area contributed by atoms with Crippen molar-refractivity contribution >= 4 is 16.9 Å². The second-order valence-electron chi connectivity index (χ2n) is 5.94. The molecule has 3 rings (SSSR count). The number of rotatable bonds is 4. The Morgan fingerprint density at radius 3 is 2.77 bits per heavy atom. The first-order valence-corrected chi connectivity index (χ1v) is 7.87. The van der Waals surface area contributed by atoms with Crippen molar-refractivity contribution in [3.8, 4) is 0 Å². The molecule has 1 saturated heterocycles. The number of nitrogens with one attached hydrogen (secondary N) is 1. The van der Waals surface area contributed by atoms with E-state index in [2.05, 4.69) is 20.3 Å². The third-order valence-corrected chi connectivity index (χ3v) is 4.48. The van der Waals surface area contributed by atoms with Crippen molar-refractivity contribution < 1.29 is 4.79 Å². The molecule has 6 heteroatoms. The molecule has 0 atom stereocenters. The molecule has 118 valence electrons. The Balaban J connectivity index is 2.03. The Morgan fingerprint density at radius 1 is 1.36 bits per heavy atom. The van der Waals surface area contributed by atoms with Gasteiger partial charge in [0.05, 0.1) is 11.3 Å². The van der Waals surface area contributed by atoms with Crippen molar-refractivity contribution in [2.75, 3.05) is 26.7 Å². The number of fused-ring (bicyclic) bond motifs is 1. The first-order valence-electron chi connectivity index (χ1n) is 7.87. The van der Waals surface area contributed by atoms with E-state index in [4.69, 9.17) is 0 Å². The minimum absolute atomic E-state index is 0.0749. The summed E-state index contributed by atoms with van der Waals surface area (Å²) in [5.74, 6) is -0.0749. The van der Waals surface area contributed by atoms with Gasteiger partial charge in [0.25, 0.3) is 5.91 Å². The lowest BCUT2D eigenvalue weighted by Crippen LogP contribution is -2.25. The van der Waals surface area contributed by atoms with Gasteiger partial charge in [0.15, 0.2) is 5.65 Å². The number of likely N-dealkylation sites (tertiary alicyclic amines) is 1. The summed E-state index contributed by atoms with van der Waals surface area (Å²) in [5, 5.41) is 8.22. The average molecular weight is 301 g/mol. The quantitative estimate of drug-likeness (QED) is 0.924. The van der Waals surface area contributed by atoms with Gasteiger partial charge >= 0.3 is 0 Å². The number of aromatic nitrogens is 3. The molecule has 1 aliphatic rings. The third kappa shape index (κ3) is 2.59. The molecule has 2 aromatic rings. The van der Waals surface area contributed by atoms with Crippen LogP contribution in [0.4, 0.5) is 0 Å². The number of carbonyl (C=O) groups excluding carboxylic acids is 1. The Labute approximate surface area is 130 Å². The average Bonchev–Trinajstić information content (AvgIpc) is 3.13. The van der Waals surface area contributed by atoms with E-state index in [1.807, 2.05) is 14.0 Å². The van der Waals surface area contributed by atoms with Crippen molar-refractivity contribution in [3.05, 3.63) is 23.0 Å². The molecule has 1 aliphatic heterocycles. The maximum absolute atomic E-state index is 12.2. The van der Waals surface area contributed by atoms with E-state index in [0.717, 1.165) is 48.3 Å². The molecule has 0 aromatic carbocycles. The van der Waals surface area contributed by atoms with E-state index in [-0.39, 0.29) is 5.91 Å².